The Labute approximate surface area is 168 Å². The van der Waals surface area contributed by atoms with E-state index in [1.165, 1.54) is 19.3 Å². The lowest BCUT2D eigenvalue weighted by Gasteiger charge is -2.57. The quantitative estimate of drug-likeness (QED) is 0.793. The van der Waals surface area contributed by atoms with Crippen molar-refractivity contribution < 1.29 is 9.59 Å². The van der Waals surface area contributed by atoms with Crippen molar-refractivity contribution in [3.05, 3.63) is 0 Å². The van der Waals surface area contributed by atoms with E-state index in [0.717, 1.165) is 95.5 Å². The van der Waals surface area contributed by atoms with Crippen LogP contribution in [0.2, 0.25) is 0 Å². The molecule has 4 bridgehead atoms. The van der Waals surface area contributed by atoms with Gasteiger partial charge in [0.25, 0.3) is 0 Å². The topological polar surface area (TPSA) is 52.7 Å². The third kappa shape index (κ3) is 2.68. The molecular weight excluding hydrogens is 350 g/mol. The molecule has 5 saturated carbocycles. The molecule has 7 aliphatic rings. The second kappa shape index (κ2) is 6.20. The van der Waals surface area contributed by atoms with E-state index in [9.17, 15) is 9.59 Å². The predicted molar refractivity (Wildman–Crippen MR) is 106 cm³/mol. The molecule has 5 nitrogen and oxygen atoms in total. The van der Waals surface area contributed by atoms with Gasteiger partial charge in [-0.1, -0.05) is 0 Å². The molecule has 0 aromatic carbocycles. The Balaban J connectivity index is 1.07. The molecule has 5 heteroatoms. The van der Waals surface area contributed by atoms with Gasteiger partial charge in [0, 0.05) is 32.1 Å². The summed E-state index contributed by atoms with van der Waals surface area (Å²) in [4.78, 5) is 30.8. The second-order valence-corrected chi connectivity index (χ2v) is 11.2. The van der Waals surface area contributed by atoms with Gasteiger partial charge in [-0.15, -0.1) is 0 Å². The Morgan fingerprint density at radius 2 is 1.29 bits per heavy atom. The summed E-state index contributed by atoms with van der Waals surface area (Å²) < 4.78 is 0. The molecule has 1 N–H and O–H groups in total. The number of nitrogens with zero attached hydrogens (tertiary/aromatic N) is 2. The molecule has 2 amide bonds. The van der Waals surface area contributed by atoms with Crippen molar-refractivity contribution in [3.63, 3.8) is 0 Å². The summed E-state index contributed by atoms with van der Waals surface area (Å²) in [5, 5.41) is 3.42. The SMILES string of the molecule is O=C(C1CC12CCNCC2)N1CCN(C(=O)C23CC4CC(CC(C4)C2)C3)CC1. The van der Waals surface area contributed by atoms with E-state index >= 15 is 0 Å². The molecule has 1 spiro atoms. The van der Waals surface area contributed by atoms with Crippen molar-refractivity contribution in [2.24, 2.45) is 34.5 Å². The van der Waals surface area contributed by atoms with Gasteiger partial charge in [-0.3, -0.25) is 9.59 Å². The zero-order valence-corrected chi connectivity index (χ0v) is 17.1. The zero-order chi connectivity index (χ0) is 18.9. The predicted octanol–water partition coefficient (Wildman–Crippen LogP) is 2.26. The minimum atomic E-state index is -0.0312. The molecule has 0 radical (unpaired) electrons. The van der Waals surface area contributed by atoms with Gasteiger partial charge in [0.15, 0.2) is 0 Å². The molecule has 1 unspecified atom stereocenters. The van der Waals surface area contributed by atoms with Crippen LogP contribution in [0.3, 0.4) is 0 Å². The minimum absolute atomic E-state index is 0.0312. The van der Waals surface area contributed by atoms with E-state index < -0.39 is 0 Å². The molecular formula is C23H35N3O2. The van der Waals surface area contributed by atoms with Crippen molar-refractivity contribution in [3.8, 4) is 0 Å². The molecule has 0 aromatic heterocycles. The maximum absolute atomic E-state index is 13.5. The van der Waals surface area contributed by atoms with E-state index in [1.54, 1.807) is 0 Å². The number of piperidine rings is 1. The Morgan fingerprint density at radius 1 is 0.750 bits per heavy atom. The molecule has 2 saturated heterocycles. The van der Waals surface area contributed by atoms with E-state index in [1.807, 2.05) is 0 Å². The third-order valence-electron chi connectivity index (χ3n) is 9.46. The summed E-state index contributed by atoms with van der Waals surface area (Å²) in [7, 11) is 0. The van der Waals surface area contributed by atoms with Crippen LogP contribution in [-0.2, 0) is 9.59 Å². The Bertz CT molecular complexity index is 640. The lowest BCUT2D eigenvalue weighted by Crippen LogP contribution is -2.58. The number of piperazine rings is 1. The number of hydrogen-bond acceptors (Lipinski definition) is 3. The van der Waals surface area contributed by atoms with Gasteiger partial charge in [0.2, 0.25) is 11.8 Å². The van der Waals surface area contributed by atoms with Gasteiger partial charge < -0.3 is 15.1 Å². The Kier molecular flexibility index (Phi) is 3.93. The first-order valence-electron chi connectivity index (χ1n) is 11.9. The standard InChI is InChI=1S/C23H35N3O2/c27-20(19-15-22(19)1-3-24-4-2-22)25-5-7-26(8-6-25)21(28)23-12-16-9-17(13-23)11-18(10-16)14-23/h16-19,24H,1-15H2. The van der Waals surface area contributed by atoms with Gasteiger partial charge >= 0.3 is 0 Å². The van der Waals surface area contributed by atoms with Gasteiger partial charge in [-0.2, -0.15) is 0 Å². The second-order valence-electron chi connectivity index (χ2n) is 11.2. The molecule has 2 heterocycles. The lowest BCUT2D eigenvalue weighted by atomic mass is 9.49. The van der Waals surface area contributed by atoms with Crippen LogP contribution in [0.15, 0.2) is 0 Å². The van der Waals surface area contributed by atoms with Crippen LogP contribution in [0, 0.1) is 34.5 Å². The van der Waals surface area contributed by atoms with E-state index in [2.05, 4.69) is 15.1 Å². The monoisotopic (exact) mass is 385 g/mol. The maximum atomic E-state index is 13.5. The highest BCUT2D eigenvalue weighted by Gasteiger charge is 2.59. The van der Waals surface area contributed by atoms with Crippen LogP contribution < -0.4 is 5.32 Å². The van der Waals surface area contributed by atoms with Crippen molar-refractivity contribution in [1.82, 2.24) is 15.1 Å². The number of nitrogens with one attached hydrogen (secondary N) is 1. The fourth-order valence-electron chi connectivity index (χ4n) is 8.23. The minimum Gasteiger partial charge on any atom is -0.339 e. The highest BCUT2D eigenvalue weighted by molar-refractivity contribution is 5.85. The summed E-state index contributed by atoms with van der Waals surface area (Å²) in [6, 6.07) is 0. The molecule has 1 atom stereocenters. The summed E-state index contributed by atoms with van der Waals surface area (Å²) >= 11 is 0. The Hall–Kier alpha value is -1.10. The zero-order valence-electron chi connectivity index (χ0n) is 17.1. The van der Waals surface area contributed by atoms with E-state index in [-0.39, 0.29) is 11.3 Å². The van der Waals surface area contributed by atoms with Gasteiger partial charge in [-0.25, -0.2) is 0 Å². The van der Waals surface area contributed by atoms with Crippen molar-refractivity contribution in [1.29, 1.82) is 0 Å². The van der Waals surface area contributed by atoms with Crippen molar-refractivity contribution >= 4 is 11.8 Å². The fourth-order valence-corrected chi connectivity index (χ4v) is 8.23. The largest absolute Gasteiger partial charge is 0.339 e. The highest BCUT2D eigenvalue weighted by Crippen LogP contribution is 2.61. The molecule has 5 aliphatic carbocycles. The summed E-state index contributed by atoms with van der Waals surface area (Å²) in [6.45, 7) is 5.15. The first kappa shape index (κ1) is 17.7. The van der Waals surface area contributed by atoms with Crippen LogP contribution in [0.5, 0.6) is 0 Å². The number of hydrogen-bond donors (Lipinski definition) is 1. The summed E-state index contributed by atoms with van der Waals surface area (Å²) in [5.41, 5.74) is 0.283. The molecule has 154 valence electrons. The number of carbonyl (C=O) groups excluding carboxylic acids is 2. The van der Waals surface area contributed by atoms with Crippen molar-refractivity contribution in [2.45, 2.75) is 57.8 Å². The first-order chi connectivity index (χ1) is 13.6. The number of carbonyl (C=O) groups is 2. The van der Waals surface area contributed by atoms with Crippen LogP contribution in [0.25, 0.3) is 0 Å². The number of amides is 2. The maximum Gasteiger partial charge on any atom is 0.228 e. The average molecular weight is 386 g/mol. The van der Waals surface area contributed by atoms with Crippen LogP contribution in [-0.4, -0.2) is 60.9 Å². The van der Waals surface area contributed by atoms with Crippen molar-refractivity contribution in [2.75, 3.05) is 39.3 Å². The Morgan fingerprint density at radius 3 is 1.86 bits per heavy atom. The van der Waals surface area contributed by atoms with Gasteiger partial charge in [0.05, 0.1) is 5.41 Å². The van der Waals surface area contributed by atoms with E-state index in [0.29, 0.717) is 17.2 Å². The molecule has 2 aliphatic heterocycles. The average Bonchev–Trinajstić information content (AvgIpc) is 3.39. The summed E-state index contributed by atoms with van der Waals surface area (Å²) in [5.74, 6) is 3.53. The fraction of sp³-hybridized carbons (Fsp3) is 0.913. The third-order valence-corrected chi connectivity index (χ3v) is 9.46. The highest BCUT2D eigenvalue weighted by atomic mass is 16.2. The van der Waals surface area contributed by atoms with Crippen LogP contribution in [0.1, 0.15) is 57.8 Å². The molecule has 28 heavy (non-hydrogen) atoms. The van der Waals surface area contributed by atoms with Gasteiger partial charge in [-0.05, 0) is 94.0 Å². The smallest absolute Gasteiger partial charge is 0.228 e. The van der Waals surface area contributed by atoms with Crippen LogP contribution >= 0.6 is 0 Å². The molecule has 7 rings (SSSR count). The number of rotatable bonds is 2. The van der Waals surface area contributed by atoms with Gasteiger partial charge in [0.1, 0.15) is 0 Å². The molecule has 0 aromatic rings. The summed E-state index contributed by atoms with van der Waals surface area (Å²) in [6.07, 6.45) is 11.0. The normalized spacial score (nSPS) is 43.4. The lowest BCUT2D eigenvalue weighted by molar-refractivity contribution is -0.160. The van der Waals surface area contributed by atoms with Crippen LogP contribution in [0.4, 0.5) is 0 Å². The molecule has 7 fully saturated rings. The van der Waals surface area contributed by atoms with E-state index in [4.69, 9.17) is 0 Å². The first-order valence-corrected chi connectivity index (χ1v) is 11.9.